The average molecular weight is 394 g/mol. The molecule has 0 radical (unpaired) electrons. The smallest absolute Gasteiger partial charge is 0.304 e. The molecule has 0 aliphatic carbocycles. The van der Waals surface area contributed by atoms with Crippen LogP contribution in [0.4, 0.5) is 0 Å². The van der Waals surface area contributed by atoms with Crippen molar-refractivity contribution in [3.63, 3.8) is 0 Å². The molecule has 0 spiro atoms. The minimum atomic E-state index is -0.904. The van der Waals surface area contributed by atoms with E-state index < -0.39 is 11.9 Å². The zero-order valence-corrected chi connectivity index (χ0v) is 16.8. The summed E-state index contributed by atoms with van der Waals surface area (Å²) in [4.78, 5) is 13.4. The second kappa shape index (κ2) is 8.85. The highest BCUT2D eigenvalue weighted by molar-refractivity contribution is 7.15. The summed E-state index contributed by atoms with van der Waals surface area (Å²) in [5.41, 5.74) is 3.62. The van der Waals surface area contributed by atoms with Crippen molar-refractivity contribution in [1.29, 1.82) is 5.41 Å². The van der Waals surface area contributed by atoms with Crippen molar-refractivity contribution < 1.29 is 14.6 Å². The van der Waals surface area contributed by atoms with Gasteiger partial charge >= 0.3 is 5.97 Å². The van der Waals surface area contributed by atoms with Gasteiger partial charge in [-0.3, -0.25) is 4.79 Å². The van der Waals surface area contributed by atoms with Gasteiger partial charge in [-0.05, 0) is 49.2 Å². The zero-order valence-electron chi connectivity index (χ0n) is 15.9. The van der Waals surface area contributed by atoms with Gasteiger partial charge in [0, 0.05) is 21.4 Å². The van der Waals surface area contributed by atoms with Crippen LogP contribution in [0.25, 0.3) is 10.4 Å². The molecule has 1 atom stereocenters. The fourth-order valence-corrected chi connectivity index (χ4v) is 3.90. The highest BCUT2D eigenvalue weighted by Gasteiger charge is 2.17. The van der Waals surface area contributed by atoms with Crippen molar-refractivity contribution in [2.75, 3.05) is 0 Å². The van der Waals surface area contributed by atoms with E-state index in [0.29, 0.717) is 12.3 Å². The van der Waals surface area contributed by atoms with Crippen LogP contribution < -0.4 is 4.74 Å². The van der Waals surface area contributed by atoms with Gasteiger partial charge in [-0.1, -0.05) is 42.0 Å². The van der Waals surface area contributed by atoms with E-state index in [9.17, 15) is 4.79 Å². The number of nitrogens with one attached hydrogen (secondary N) is 1. The van der Waals surface area contributed by atoms with Gasteiger partial charge in [0.05, 0.1) is 6.42 Å². The van der Waals surface area contributed by atoms with Gasteiger partial charge in [0.2, 0.25) is 0 Å². The molecule has 0 bridgehead atoms. The lowest BCUT2D eigenvalue weighted by Crippen LogP contribution is -2.13. The van der Waals surface area contributed by atoms with Crippen LogP contribution in [-0.2, 0) is 11.4 Å². The van der Waals surface area contributed by atoms with E-state index in [-0.39, 0.29) is 6.42 Å². The Hall–Kier alpha value is -2.92. The first-order chi connectivity index (χ1) is 13.4. The number of carboxylic acid groups (broad SMARTS) is 1. The van der Waals surface area contributed by atoms with Gasteiger partial charge < -0.3 is 15.3 Å². The van der Waals surface area contributed by atoms with Crippen LogP contribution in [0.5, 0.6) is 5.75 Å². The second-order valence-electron chi connectivity index (χ2n) is 6.82. The number of ether oxygens (including phenoxy) is 1. The van der Waals surface area contributed by atoms with Crippen molar-refractivity contribution in [2.45, 2.75) is 32.8 Å². The predicted octanol–water partition coefficient (Wildman–Crippen LogP) is 5.90. The van der Waals surface area contributed by atoms with Crippen LogP contribution in [0.2, 0.25) is 0 Å². The number of thiophene rings is 1. The van der Waals surface area contributed by atoms with Gasteiger partial charge in [0.25, 0.3) is 0 Å². The third-order valence-electron chi connectivity index (χ3n) is 4.56. The van der Waals surface area contributed by atoms with E-state index in [1.807, 2.05) is 24.3 Å². The quantitative estimate of drug-likeness (QED) is 0.468. The van der Waals surface area contributed by atoms with Crippen LogP contribution in [0, 0.1) is 12.3 Å². The average Bonchev–Trinajstić information content (AvgIpc) is 3.14. The molecule has 0 amide bonds. The number of benzene rings is 2. The van der Waals surface area contributed by atoms with Crippen LogP contribution >= 0.6 is 11.3 Å². The van der Waals surface area contributed by atoms with Crippen molar-refractivity contribution >= 4 is 23.0 Å². The number of aryl methyl sites for hydroxylation is 1. The molecule has 0 fully saturated rings. The van der Waals surface area contributed by atoms with Gasteiger partial charge in [-0.15, -0.1) is 11.3 Å². The maximum Gasteiger partial charge on any atom is 0.304 e. The van der Waals surface area contributed by atoms with Crippen molar-refractivity contribution in [3.05, 3.63) is 76.7 Å². The lowest BCUT2D eigenvalue weighted by Gasteiger charge is -2.14. The van der Waals surface area contributed by atoms with Gasteiger partial charge in [0.1, 0.15) is 12.4 Å². The Morgan fingerprint density at radius 2 is 1.75 bits per heavy atom. The van der Waals surface area contributed by atoms with E-state index >= 15 is 0 Å². The second-order valence-corrected chi connectivity index (χ2v) is 7.99. The number of hydrogen-bond acceptors (Lipinski definition) is 4. The highest BCUT2D eigenvalue weighted by atomic mass is 32.1. The van der Waals surface area contributed by atoms with Crippen LogP contribution in [0.3, 0.4) is 0 Å². The third kappa shape index (κ3) is 5.08. The number of aliphatic carboxylic acids is 1. The molecule has 3 rings (SSSR count). The van der Waals surface area contributed by atoms with Crippen LogP contribution in [0.1, 0.15) is 35.3 Å². The van der Waals surface area contributed by atoms with Crippen LogP contribution in [0.15, 0.2) is 60.7 Å². The molecular formula is C23H23NO3S. The summed E-state index contributed by atoms with van der Waals surface area (Å²) in [5.74, 6) is -0.578. The zero-order chi connectivity index (χ0) is 20.1. The molecule has 4 nitrogen and oxygen atoms in total. The van der Waals surface area contributed by atoms with E-state index in [2.05, 4.69) is 43.3 Å². The summed E-state index contributed by atoms with van der Waals surface area (Å²) in [5, 5.41) is 16.9. The molecule has 1 heterocycles. The molecule has 2 aromatic carbocycles. The Morgan fingerprint density at radius 3 is 2.36 bits per heavy atom. The molecular weight excluding hydrogens is 370 g/mol. The number of carboxylic acids is 1. The minimum Gasteiger partial charge on any atom is -0.488 e. The minimum absolute atomic E-state index is 0.0769. The summed E-state index contributed by atoms with van der Waals surface area (Å²) < 4.78 is 5.88. The number of carbonyl (C=O) groups is 1. The van der Waals surface area contributed by atoms with Gasteiger partial charge in [0.15, 0.2) is 0 Å². The molecule has 0 aliphatic heterocycles. The topological polar surface area (TPSA) is 70.4 Å². The predicted molar refractivity (Wildman–Crippen MR) is 114 cm³/mol. The maximum atomic E-state index is 11.0. The monoisotopic (exact) mass is 393 g/mol. The van der Waals surface area contributed by atoms with E-state index in [0.717, 1.165) is 16.2 Å². The number of rotatable bonds is 8. The van der Waals surface area contributed by atoms with Gasteiger partial charge in [-0.25, -0.2) is 0 Å². The largest absolute Gasteiger partial charge is 0.488 e. The van der Waals surface area contributed by atoms with Crippen molar-refractivity contribution in [2.24, 2.45) is 0 Å². The van der Waals surface area contributed by atoms with Crippen LogP contribution in [-0.4, -0.2) is 16.8 Å². The molecule has 0 saturated carbocycles. The molecule has 3 aromatic rings. The fraction of sp³-hybridized carbons (Fsp3) is 0.217. The molecule has 144 valence electrons. The molecule has 1 unspecified atom stereocenters. The normalized spacial score (nSPS) is 11.8. The summed E-state index contributed by atoms with van der Waals surface area (Å²) in [6.07, 6.45) is -0.0769. The Morgan fingerprint density at radius 1 is 1.07 bits per heavy atom. The van der Waals surface area contributed by atoms with E-state index in [4.69, 9.17) is 15.3 Å². The van der Waals surface area contributed by atoms with Crippen molar-refractivity contribution in [1.82, 2.24) is 0 Å². The van der Waals surface area contributed by atoms with E-state index in [1.54, 1.807) is 18.3 Å². The SMILES string of the molecule is CC(=N)C(CC(=O)O)c1ccc(OCc2ccc(-c3ccc(C)cc3)s2)cc1. The highest BCUT2D eigenvalue weighted by Crippen LogP contribution is 2.29. The molecule has 0 aliphatic rings. The summed E-state index contributed by atoms with van der Waals surface area (Å²) in [7, 11) is 0. The fourth-order valence-electron chi connectivity index (χ4n) is 2.97. The molecule has 5 heteroatoms. The summed E-state index contributed by atoms with van der Waals surface area (Å²) >= 11 is 1.71. The first-order valence-electron chi connectivity index (χ1n) is 9.07. The molecule has 28 heavy (non-hydrogen) atoms. The molecule has 1 aromatic heterocycles. The third-order valence-corrected chi connectivity index (χ3v) is 5.67. The first-order valence-corrected chi connectivity index (χ1v) is 9.89. The number of hydrogen-bond donors (Lipinski definition) is 2. The molecule has 0 saturated heterocycles. The Bertz CT molecular complexity index is 958. The molecule has 2 N–H and O–H groups in total. The first kappa shape index (κ1) is 19.8. The lowest BCUT2D eigenvalue weighted by atomic mass is 9.92. The standard InChI is InChI=1S/C23H23NO3S/c1-15-3-5-18(6-4-15)22-12-11-20(28-22)14-27-19-9-7-17(8-10-19)21(16(2)24)13-23(25)26/h3-12,21,24H,13-14H2,1-2H3,(H,25,26). The van der Waals surface area contributed by atoms with Crippen molar-refractivity contribution in [3.8, 4) is 16.2 Å². The van der Waals surface area contributed by atoms with E-state index in [1.165, 1.54) is 16.0 Å². The Balaban J connectivity index is 1.63. The lowest BCUT2D eigenvalue weighted by molar-refractivity contribution is -0.137. The summed E-state index contributed by atoms with van der Waals surface area (Å²) in [6.45, 7) is 4.20. The van der Waals surface area contributed by atoms with Gasteiger partial charge in [-0.2, -0.15) is 0 Å². The maximum absolute atomic E-state index is 11.0. The summed E-state index contributed by atoms with van der Waals surface area (Å²) in [6, 6.07) is 20.0. The Labute approximate surface area is 168 Å². The Kier molecular flexibility index (Phi) is 6.26.